The van der Waals surface area contributed by atoms with Crippen LogP contribution in [0.1, 0.15) is 55.2 Å². The zero-order valence-electron chi connectivity index (χ0n) is 26.3. The lowest BCUT2D eigenvalue weighted by Crippen LogP contribution is -2.45. The monoisotopic (exact) mass is 623 g/mol. The van der Waals surface area contributed by atoms with Crippen LogP contribution >= 0.6 is 0 Å². The molecule has 242 valence electrons. The van der Waals surface area contributed by atoms with Crippen LogP contribution in [-0.4, -0.2) is 73.6 Å². The molecule has 3 aromatic rings. The fraction of sp³-hybridized carbons (Fsp3) is 0.457. The van der Waals surface area contributed by atoms with Crippen molar-refractivity contribution in [2.75, 3.05) is 41.0 Å². The van der Waals surface area contributed by atoms with Crippen LogP contribution in [-0.2, 0) is 28.4 Å². The summed E-state index contributed by atoms with van der Waals surface area (Å²) in [7, 11) is 4.04. The molecule has 1 aromatic heterocycles. The number of aryl methyl sites for hydroxylation is 2. The zero-order valence-corrected chi connectivity index (χ0v) is 26.3. The minimum absolute atomic E-state index is 0.0232. The van der Waals surface area contributed by atoms with Crippen molar-refractivity contribution >= 4 is 11.8 Å². The van der Waals surface area contributed by atoms with Gasteiger partial charge in [-0.25, -0.2) is 0 Å². The molecular formula is C35H43F2N3O5. The molecule has 10 heteroatoms. The number of amides is 2. The fourth-order valence-electron chi connectivity index (χ4n) is 5.92. The van der Waals surface area contributed by atoms with E-state index in [4.69, 9.17) is 14.2 Å². The average molecular weight is 624 g/mol. The van der Waals surface area contributed by atoms with Gasteiger partial charge in [0.1, 0.15) is 0 Å². The molecule has 0 bridgehead atoms. The molecule has 0 radical (unpaired) electrons. The highest BCUT2D eigenvalue weighted by molar-refractivity contribution is 5.86. The number of hydrogen-bond donors (Lipinski definition) is 0. The summed E-state index contributed by atoms with van der Waals surface area (Å²) in [6.45, 7) is 1.41. The summed E-state index contributed by atoms with van der Waals surface area (Å²) in [6.07, 6.45) is 8.51. The highest BCUT2D eigenvalue weighted by atomic mass is 19.3. The Balaban J connectivity index is 1.40. The summed E-state index contributed by atoms with van der Waals surface area (Å²) in [5.74, 6) is -4.89. The summed E-state index contributed by atoms with van der Waals surface area (Å²) in [5, 5.41) is 0. The number of rotatable bonds is 16. The number of alkyl halides is 2. The number of aromatic nitrogens is 1. The van der Waals surface area contributed by atoms with Crippen molar-refractivity contribution in [3.8, 4) is 17.2 Å². The van der Waals surface area contributed by atoms with Gasteiger partial charge in [0.2, 0.25) is 11.7 Å². The molecule has 0 spiro atoms. The van der Waals surface area contributed by atoms with Gasteiger partial charge in [0, 0.05) is 50.1 Å². The highest BCUT2D eigenvalue weighted by Gasteiger charge is 2.47. The van der Waals surface area contributed by atoms with Crippen LogP contribution in [0.3, 0.4) is 0 Å². The molecule has 4 rings (SSSR count). The van der Waals surface area contributed by atoms with E-state index in [2.05, 4.69) is 17.1 Å². The number of halogens is 2. The molecule has 1 unspecified atom stereocenters. The Bertz CT molecular complexity index is 1320. The molecular weight excluding hydrogens is 580 g/mol. The molecule has 45 heavy (non-hydrogen) atoms. The minimum Gasteiger partial charge on any atom is -0.493 e. The van der Waals surface area contributed by atoms with Gasteiger partial charge in [-0.15, -0.1) is 0 Å². The Labute approximate surface area is 264 Å². The average Bonchev–Trinajstić information content (AvgIpc) is 3.54. The number of methoxy groups -OCH3 is 3. The van der Waals surface area contributed by atoms with Crippen LogP contribution in [0.15, 0.2) is 67.0 Å². The van der Waals surface area contributed by atoms with Gasteiger partial charge in [-0.3, -0.25) is 14.6 Å². The van der Waals surface area contributed by atoms with Crippen molar-refractivity contribution in [1.29, 1.82) is 0 Å². The Morgan fingerprint density at radius 2 is 1.58 bits per heavy atom. The van der Waals surface area contributed by atoms with Crippen LogP contribution in [0.2, 0.25) is 0 Å². The van der Waals surface area contributed by atoms with E-state index in [9.17, 15) is 9.59 Å². The van der Waals surface area contributed by atoms with Crippen LogP contribution in [0.25, 0.3) is 0 Å². The first-order valence-electron chi connectivity index (χ1n) is 15.5. The van der Waals surface area contributed by atoms with E-state index in [1.54, 1.807) is 6.20 Å². The van der Waals surface area contributed by atoms with Gasteiger partial charge in [0.05, 0.1) is 21.3 Å². The maximum atomic E-state index is 15.7. The van der Waals surface area contributed by atoms with Crippen molar-refractivity contribution in [2.24, 2.45) is 0 Å². The molecule has 2 heterocycles. The van der Waals surface area contributed by atoms with Crippen molar-refractivity contribution in [3.63, 3.8) is 0 Å². The second-order valence-electron chi connectivity index (χ2n) is 11.3. The smallest absolute Gasteiger partial charge is 0.350 e. The lowest BCUT2D eigenvalue weighted by Gasteiger charge is -2.30. The maximum absolute atomic E-state index is 15.7. The topological polar surface area (TPSA) is 81.2 Å². The van der Waals surface area contributed by atoms with E-state index in [-0.39, 0.29) is 36.1 Å². The molecule has 0 saturated carbocycles. The normalized spacial score (nSPS) is 14.7. The van der Waals surface area contributed by atoms with Crippen molar-refractivity contribution in [1.82, 2.24) is 14.8 Å². The van der Waals surface area contributed by atoms with E-state index >= 15 is 8.78 Å². The summed E-state index contributed by atoms with van der Waals surface area (Å²) in [4.78, 5) is 34.1. The molecule has 2 amide bonds. The van der Waals surface area contributed by atoms with Gasteiger partial charge in [-0.05, 0) is 74.3 Å². The van der Waals surface area contributed by atoms with E-state index in [0.29, 0.717) is 32.4 Å². The Hall–Kier alpha value is -4.21. The molecule has 1 atom stereocenters. The fourth-order valence-corrected chi connectivity index (χ4v) is 5.92. The third-order valence-corrected chi connectivity index (χ3v) is 8.33. The predicted octanol–water partition coefficient (Wildman–Crippen LogP) is 6.06. The zero-order chi connectivity index (χ0) is 32.2. The van der Waals surface area contributed by atoms with E-state index in [1.807, 2.05) is 41.4 Å². The lowest BCUT2D eigenvalue weighted by molar-refractivity contribution is -0.160. The summed E-state index contributed by atoms with van der Waals surface area (Å²) < 4.78 is 47.1. The van der Waals surface area contributed by atoms with E-state index < -0.39 is 23.4 Å². The van der Waals surface area contributed by atoms with Crippen LogP contribution in [0.4, 0.5) is 8.78 Å². The van der Waals surface area contributed by atoms with Crippen LogP contribution < -0.4 is 14.2 Å². The van der Waals surface area contributed by atoms with E-state index in [1.165, 1.54) is 31.8 Å². The molecule has 2 aromatic carbocycles. The molecule has 0 aliphatic carbocycles. The Morgan fingerprint density at radius 3 is 2.18 bits per heavy atom. The number of carbonyl (C=O) groups is 2. The molecule has 1 fully saturated rings. The number of benzene rings is 2. The van der Waals surface area contributed by atoms with Crippen LogP contribution in [0, 0.1) is 0 Å². The molecule has 8 nitrogen and oxygen atoms in total. The lowest BCUT2D eigenvalue weighted by atomic mass is 10.0. The summed E-state index contributed by atoms with van der Waals surface area (Å²) in [6, 6.07) is 15.8. The summed E-state index contributed by atoms with van der Waals surface area (Å²) >= 11 is 0. The molecule has 1 saturated heterocycles. The number of likely N-dealkylation sites (tertiary alicyclic amines) is 1. The van der Waals surface area contributed by atoms with Gasteiger partial charge in [-0.1, -0.05) is 36.4 Å². The first-order valence-corrected chi connectivity index (χ1v) is 15.5. The molecule has 1 aliphatic rings. The number of hydrogen-bond acceptors (Lipinski definition) is 6. The first kappa shape index (κ1) is 33.7. The molecule has 0 N–H and O–H groups in total. The minimum atomic E-state index is -3.82. The largest absolute Gasteiger partial charge is 0.493 e. The predicted molar refractivity (Wildman–Crippen MR) is 168 cm³/mol. The van der Waals surface area contributed by atoms with Crippen molar-refractivity contribution < 1.29 is 32.6 Å². The van der Waals surface area contributed by atoms with Gasteiger partial charge in [0.25, 0.3) is 5.91 Å². The number of pyridine rings is 1. The Morgan fingerprint density at radius 1 is 0.933 bits per heavy atom. The standard InChI is InChI=1S/C35H43F2N3O5/c1-43-30-23-28(24-31(44-2)33(30)45-3)35(36,37)34(42)40-22-10-16-29(40)17-18-32(41)39(20-8-14-26-11-5-4-6-12-26)21-9-15-27-13-7-19-38-25-27/h4-7,11-13,19,23-25,29H,8-10,14-18,20-22H2,1-3H3. The second kappa shape index (κ2) is 16.2. The Kier molecular flexibility index (Phi) is 12.1. The number of ether oxygens (including phenoxy) is 3. The second-order valence-corrected chi connectivity index (χ2v) is 11.3. The third-order valence-electron chi connectivity index (χ3n) is 8.33. The third kappa shape index (κ3) is 8.71. The number of carbonyl (C=O) groups excluding carboxylic acids is 2. The van der Waals surface area contributed by atoms with E-state index in [0.717, 1.165) is 43.4 Å². The van der Waals surface area contributed by atoms with Gasteiger partial charge in [0.15, 0.2) is 11.5 Å². The van der Waals surface area contributed by atoms with Crippen LogP contribution in [0.5, 0.6) is 17.2 Å². The van der Waals surface area contributed by atoms with Gasteiger partial charge < -0.3 is 24.0 Å². The quantitative estimate of drug-likeness (QED) is 0.193. The maximum Gasteiger partial charge on any atom is 0.350 e. The van der Waals surface area contributed by atoms with Gasteiger partial charge in [-0.2, -0.15) is 8.78 Å². The van der Waals surface area contributed by atoms with Crippen molar-refractivity contribution in [3.05, 3.63) is 83.7 Å². The SMILES string of the molecule is COc1cc(C(F)(F)C(=O)N2CCCC2CCC(=O)N(CCCc2ccccc2)CCCc2cccnc2)cc(OC)c1OC. The molecule has 1 aliphatic heterocycles. The van der Waals surface area contributed by atoms with Gasteiger partial charge >= 0.3 is 5.92 Å². The first-order chi connectivity index (χ1) is 21.8. The van der Waals surface area contributed by atoms with Crippen molar-refractivity contribution in [2.45, 2.75) is 63.3 Å². The number of nitrogens with zero attached hydrogens (tertiary/aromatic N) is 3. The highest BCUT2D eigenvalue weighted by Crippen LogP contribution is 2.43. The summed E-state index contributed by atoms with van der Waals surface area (Å²) in [5.41, 5.74) is 1.79.